The van der Waals surface area contributed by atoms with E-state index in [9.17, 15) is 18.0 Å². The summed E-state index contributed by atoms with van der Waals surface area (Å²) in [6.07, 6.45) is -3.15. The molecule has 1 heterocycles. The highest BCUT2D eigenvalue weighted by atomic mass is 32.2. The highest BCUT2D eigenvalue weighted by molar-refractivity contribution is 8.13. The van der Waals surface area contributed by atoms with Crippen LogP contribution in [0.5, 0.6) is 0 Å². The third-order valence-corrected chi connectivity index (χ3v) is 3.14. The van der Waals surface area contributed by atoms with Gasteiger partial charge >= 0.3 is 12.3 Å². The van der Waals surface area contributed by atoms with E-state index < -0.39 is 23.4 Å². The van der Waals surface area contributed by atoms with Crippen molar-refractivity contribution < 1.29 is 22.7 Å². The van der Waals surface area contributed by atoms with Crippen LogP contribution in [0.25, 0.3) is 0 Å². The van der Waals surface area contributed by atoms with E-state index in [0.29, 0.717) is 6.20 Å². The molecule has 0 aliphatic carbocycles. The molecule has 1 amide bonds. The Balaban J connectivity index is 3.37. The summed E-state index contributed by atoms with van der Waals surface area (Å²) in [4.78, 5) is 20.7. The van der Waals surface area contributed by atoms with Gasteiger partial charge in [-0.2, -0.15) is 13.2 Å². The van der Waals surface area contributed by atoms with E-state index in [1.165, 1.54) is 7.05 Å². The maximum Gasteiger partial charge on any atom is 0.417 e. The van der Waals surface area contributed by atoms with Crippen molar-refractivity contribution in [1.29, 1.82) is 0 Å². The number of nitrogens with two attached hydrogens (primary N) is 1. The first kappa shape index (κ1) is 20.1. The Morgan fingerprint density at radius 1 is 1.38 bits per heavy atom. The molecular weight excluding hydrogens is 345 g/mol. The molecule has 0 atom stereocenters. The molecule has 10 heteroatoms. The first-order valence-electron chi connectivity index (χ1n) is 6.77. The van der Waals surface area contributed by atoms with Crippen molar-refractivity contribution in [1.82, 2.24) is 4.98 Å². The Morgan fingerprint density at radius 2 is 1.96 bits per heavy atom. The van der Waals surface area contributed by atoms with Crippen LogP contribution < -0.4 is 10.6 Å². The van der Waals surface area contributed by atoms with Gasteiger partial charge in [0.15, 0.2) is 11.0 Å². The SMILES string of the molecule is CSC(N)=Nc1ncc(C(F)(F)F)cc1N(C)C(=O)OC(C)(C)C. The Labute approximate surface area is 142 Å². The zero-order valence-corrected chi connectivity index (χ0v) is 14.7. The van der Waals surface area contributed by atoms with Crippen LogP contribution in [-0.4, -0.2) is 35.1 Å². The number of pyridine rings is 1. The van der Waals surface area contributed by atoms with Crippen molar-refractivity contribution in [3.8, 4) is 0 Å². The number of aliphatic imine (C=N–C) groups is 1. The molecule has 2 N–H and O–H groups in total. The van der Waals surface area contributed by atoms with Crippen LogP contribution in [-0.2, 0) is 10.9 Å². The number of halogens is 3. The fourth-order valence-corrected chi connectivity index (χ4v) is 1.69. The molecule has 1 aromatic heterocycles. The molecule has 134 valence electrons. The Kier molecular flexibility index (Phi) is 6.09. The summed E-state index contributed by atoms with van der Waals surface area (Å²) in [7, 11) is 1.28. The normalized spacial score (nSPS) is 12.9. The second-order valence-electron chi connectivity index (χ2n) is 5.76. The predicted octanol–water partition coefficient (Wildman–Crippen LogP) is 3.78. The summed E-state index contributed by atoms with van der Waals surface area (Å²) in [6.45, 7) is 4.94. The second-order valence-corrected chi connectivity index (χ2v) is 6.58. The van der Waals surface area contributed by atoms with E-state index in [2.05, 4.69) is 9.98 Å². The van der Waals surface area contributed by atoms with Gasteiger partial charge in [-0.25, -0.2) is 14.8 Å². The van der Waals surface area contributed by atoms with E-state index in [1.54, 1.807) is 27.0 Å². The van der Waals surface area contributed by atoms with Crippen molar-refractivity contribution in [2.24, 2.45) is 10.7 Å². The van der Waals surface area contributed by atoms with Gasteiger partial charge in [0.05, 0.1) is 11.3 Å². The predicted molar refractivity (Wildman–Crippen MR) is 88.7 cm³/mol. The molecule has 0 unspecified atom stereocenters. The molecule has 0 bridgehead atoms. The molecule has 6 nitrogen and oxygen atoms in total. The van der Waals surface area contributed by atoms with Crippen LogP contribution in [0.4, 0.5) is 29.5 Å². The van der Waals surface area contributed by atoms with Crippen LogP contribution in [0.3, 0.4) is 0 Å². The number of amides is 1. The highest BCUT2D eigenvalue weighted by Gasteiger charge is 2.33. The number of anilines is 1. The van der Waals surface area contributed by atoms with Crippen LogP contribution in [0, 0.1) is 0 Å². The molecule has 0 aromatic carbocycles. The topological polar surface area (TPSA) is 80.8 Å². The van der Waals surface area contributed by atoms with Crippen molar-refractivity contribution in [2.45, 2.75) is 32.5 Å². The minimum Gasteiger partial charge on any atom is -0.443 e. The number of nitrogens with zero attached hydrogens (tertiary/aromatic N) is 3. The van der Waals surface area contributed by atoms with Gasteiger partial charge in [0.2, 0.25) is 0 Å². The van der Waals surface area contributed by atoms with Crippen molar-refractivity contribution >= 4 is 34.5 Å². The molecule has 1 rings (SSSR count). The summed E-state index contributed by atoms with van der Waals surface area (Å²) >= 11 is 1.10. The number of hydrogen-bond acceptors (Lipinski definition) is 5. The molecular formula is C14H19F3N4O2S. The number of hydrogen-bond donors (Lipinski definition) is 1. The van der Waals surface area contributed by atoms with Gasteiger partial charge in [0.1, 0.15) is 5.60 Å². The molecule has 0 radical (unpaired) electrons. The zero-order valence-electron chi connectivity index (χ0n) is 13.9. The molecule has 0 saturated heterocycles. The monoisotopic (exact) mass is 364 g/mol. The fraction of sp³-hybridized carbons (Fsp3) is 0.500. The molecule has 0 aliphatic rings. The summed E-state index contributed by atoms with van der Waals surface area (Å²) in [5.41, 5.74) is 3.63. The average molecular weight is 364 g/mol. The Hall–Kier alpha value is -1.97. The Bertz CT molecular complexity index is 642. The summed E-state index contributed by atoms with van der Waals surface area (Å²) in [5.74, 6) is -0.108. The van der Waals surface area contributed by atoms with Crippen LogP contribution in [0.15, 0.2) is 17.3 Å². The maximum atomic E-state index is 12.9. The lowest BCUT2D eigenvalue weighted by Gasteiger charge is -2.25. The minimum absolute atomic E-state index is 0.0982. The number of carbonyl (C=O) groups is 1. The maximum absolute atomic E-state index is 12.9. The first-order valence-corrected chi connectivity index (χ1v) is 7.99. The van der Waals surface area contributed by atoms with Crippen molar-refractivity contribution in [3.05, 3.63) is 17.8 Å². The largest absolute Gasteiger partial charge is 0.443 e. The number of carbonyl (C=O) groups excluding carboxylic acids is 1. The van der Waals surface area contributed by atoms with Gasteiger partial charge in [-0.15, -0.1) is 0 Å². The molecule has 1 aromatic rings. The number of ether oxygens (including phenoxy) is 1. The van der Waals surface area contributed by atoms with Crippen LogP contribution in [0.2, 0.25) is 0 Å². The van der Waals surface area contributed by atoms with E-state index in [0.717, 1.165) is 22.7 Å². The van der Waals surface area contributed by atoms with Gasteiger partial charge in [0, 0.05) is 13.2 Å². The lowest BCUT2D eigenvalue weighted by molar-refractivity contribution is -0.137. The lowest BCUT2D eigenvalue weighted by Crippen LogP contribution is -2.34. The summed E-state index contributed by atoms with van der Waals surface area (Å²) in [6, 6.07) is 0.781. The standard InChI is InChI=1S/C14H19F3N4O2S/c1-13(2,3)23-12(22)21(4)9-6-8(14(15,16)17)7-19-10(9)20-11(18)24-5/h6-7H,1-5H3,(H2,18,19,20). The molecule has 0 fully saturated rings. The molecule has 24 heavy (non-hydrogen) atoms. The quantitative estimate of drug-likeness (QED) is 0.638. The molecule has 0 aliphatic heterocycles. The van der Waals surface area contributed by atoms with Gasteiger partial charge in [0.25, 0.3) is 0 Å². The van der Waals surface area contributed by atoms with E-state index in [1.807, 2.05) is 0 Å². The smallest absolute Gasteiger partial charge is 0.417 e. The van der Waals surface area contributed by atoms with Gasteiger partial charge in [-0.1, -0.05) is 11.8 Å². The Morgan fingerprint density at radius 3 is 2.42 bits per heavy atom. The fourth-order valence-electron chi connectivity index (χ4n) is 1.51. The lowest BCUT2D eigenvalue weighted by atomic mass is 10.2. The van der Waals surface area contributed by atoms with Crippen LogP contribution in [0.1, 0.15) is 26.3 Å². The zero-order chi connectivity index (χ0) is 18.7. The van der Waals surface area contributed by atoms with Crippen molar-refractivity contribution in [3.63, 3.8) is 0 Å². The van der Waals surface area contributed by atoms with Gasteiger partial charge in [-0.3, -0.25) is 4.90 Å². The second kappa shape index (κ2) is 7.29. The van der Waals surface area contributed by atoms with Gasteiger partial charge < -0.3 is 10.5 Å². The van der Waals surface area contributed by atoms with Crippen LogP contribution >= 0.6 is 11.8 Å². The number of rotatable bonds is 2. The number of alkyl halides is 3. The third kappa shape index (κ3) is 5.59. The number of thioether (sulfide) groups is 1. The molecule has 0 spiro atoms. The van der Waals surface area contributed by atoms with E-state index in [-0.39, 0.29) is 16.7 Å². The number of amidine groups is 1. The summed E-state index contributed by atoms with van der Waals surface area (Å²) < 4.78 is 43.9. The highest BCUT2D eigenvalue weighted by Crippen LogP contribution is 2.35. The molecule has 0 saturated carbocycles. The van der Waals surface area contributed by atoms with E-state index in [4.69, 9.17) is 10.5 Å². The van der Waals surface area contributed by atoms with Gasteiger partial charge in [-0.05, 0) is 33.1 Å². The summed E-state index contributed by atoms with van der Waals surface area (Å²) in [5, 5.41) is 0.0982. The average Bonchev–Trinajstić information content (AvgIpc) is 2.43. The minimum atomic E-state index is -4.61. The third-order valence-electron chi connectivity index (χ3n) is 2.63. The van der Waals surface area contributed by atoms with E-state index >= 15 is 0 Å². The number of aromatic nitrogens is 1. The first-order chi connectivity index (χ1) is 10.8. The van der Waals surface area contributed by atoms with Crippen molar-refractivity contribution in [2.75, 3.05) is 18.2 Å².